The molecule has 47 heavy (non-hydrogen) atoms. The Morgan fingerprint density at radius 1 is 1.06 bits per heavy atom. The van der Waals surface area contributed by atoms with Gasteiger partial charge in [0.15, 0.2) is 23.9 Å². The molecule has 3 amide bonds. The number of ether oxygens (including phenoxy) is 4. The number of nitrogens with one attached hydrogen (secondary N) is 3. The van der Waals surface area contributed by atoms with Crippen molar-refractivity contribution in [3.63, 3.8) is 0 Å². The quantitative estimate of drug-likeness (QED) is 0.0942. The molecule has 1 atom stereocenters. The minimum atomic E-state index is -0.805. The predicted octanol–water partition coefficient (Wildman–Crippen LogP) is 5.21. The first kappa shape index (κ1) is 34.5. The predicted molar refractivity (Wildman–Crippen MR) is 172 cm³/mol. The summed E-state index contributed by atoms with van der Waals surface area (Å²) in [6.07, 6.45) is 1.33. The summed E-state index contributed by atoms with van der Waals surface area (Å²) >= 11 is 12.7. The van der Waals surface area contributed by atoms with Gasteiger partial charge >= 0.3 is 12.0 Å². The number of esters is 1. The molecule has 3 aromatic rings. The van der Waals surface area contributed by atoms with Crippen LogP contribution in [0.25, 0.3) is 0 Å². The van der Waals surface area contributed by atoms with Crippen LogP contribution in [0.1, 0.15) is 36.6 Å². The van der Waals surface area contributed by atoms with Crippen LogP contribution in [0.4, 0.5) is 10.5 Å². The number of nitro benzene ring substituents is 1. The van der Waals surface area contributed by atoms with Crippen molar-refractivity contribution in [3.8, 4) is 17.2 Å². The molecule has 3 N–H and O–H groups in total. The Kier molecular flexibility index (Phi) is 11.6. The Morgan fingerprint density at radius 3 is 2.40 bits per heavy atom. The molecule has 0 radical (unpaired) electrons. The molecule has 0 aromatic heterocycles. The highest BCUT2D eigenvalue weighted by Gasteiger charge is 2.32. The lowest BCUT2D eigenvalue weighted by molar-refractivity contribution is -0.384. The number of non-ortho nitro benzene ring substituents is 1. The SMILES string of the molecule is CCOC(=O)C1=C(C)NC(=O)N[C@@H]1c1ccc(OCC(=O)N/N=C\c2cc(Cl)c(OCc3ccc([N+](=O)[O-])cc3)c(Cl)c2)c(OC)c1. The van der Waals surface area contributed by atoms with E-state index >= 15 is 0 Å². The molecule has 246 valence electrons. The van der Waals surface area contributed by atoms with Crippen molar-refractivity contribution in [2.75, 3.05) is 20.3 Å². The smallest absolute Gasteiger partial charge is 0.338 e. The molecular formula is C31H29Cl2N5O9. The number of carbonyl (C=O) groups excluding carboxylic acids is 3. The molecule has 1 heterocycles. The van der Waals surface area contributed by atoms with E-state index in [0.717, 1.165) is 0 Å². The van der Waals surface area contributed by atoms with Crippen molar-refractivity contribution >= 4 is 53.0 Å². The van der Waals surface area contributed by atoms with E-state index in [0.29, 0.717) is 22.4 Å². The number of rotatable bonds is 13. The normalized spacial score (nSPS) is 14.2. The Labute approximate surface area is 278 Å². The van der Waals surface area contributed by atoms with Crippen LogP contribution < -0.4 is 30.3 Å². The zero-order valence-electron chi connectivity index (χ0n) is 25.3. The van der Waals surface area contributed by atoms with E-state index < -0.39 is 35.5 Å². The number of methoxy groups -OCH3 is 1. The lowest BCUT2D eigenvalue weighted by Gasteiger charge is -2.28. The molecule has 0 saturated heterocycles. The molecule has 3 aromatic carbocycles. The van der Waals surface area contributed by atoms with Crippen molar-refractivity contribution in [1.29, 1.82) is 0 Å². The summed E-state index contributed by atoms with van der Waals surface area (Å²) in [5, 5.41) is 20.4. The van der Waals surface area contributed by atoms with Gasteiger partial charge in [0.1, 0.15) is 6.61 Å². The second kappa shape index (κ2) is 15.8. The lowest BCUT2D eigenvalue weighted by Crippen LogP contribution is -2.45. The molecule has 14 nitrogen and oxygen atoms in total. The molecule has 0 unspecified atom stereocenters. The number of benzene rings is 3. The van der Waals surface area contributed by atoms with E-state index in [1.165, 1.54) is 37.6 Å². The number of carbonyl (C=O) groups is 3. The van der Waals surface area contributed by atoms with E-state index in [1.807, 2.05) is 0 Å². The van der Waals surface area contributed by atoms with Gasteiger partial charge in [0.25, 0.3) is 11.6 Å². The van der Waals surface area contributed by atoms with Crippen LogP contribution in [0.15, 0.2) is 71.0 Å². The summed E-state index contributed by atoms with van der Waals surface area (Å²) in [5.74, 6) is -0.453. The third-order valence-electron chi connectivity index (χ3n) is 6.60. The zero-order valence-corrected chi connectivity index (χ0v) is 26.8. The summed E-state index contributed by atoms with van der Waals surface area (Å²) in [7, 11) is 1.41. The van der Waals surface area contributed by atoms with Crippen molar-refractivity contribution in [1.82, 2.24) is 16.1 Å². The van der Waals surface area contributed by atoms with E-state index in [4.69, 9.17) is 42.1 Å². The van der Waals surface area contributed by atoms with Gasteiger partial charge in [-0.2, -0.15) is 5.10 Å². The molecule has 0 spiro atoms. The minimum Gasteiger partial charge on any atom is -0.493 e. The number of halogens is 2. The summed E-state index contributed by atoms with van der Waals surface area (Å²) in [4.78, 5) is 47.5. The Morgan fingerprint density at radius 2 is 1.77 bits per heavy atom. The summed E-state index contributed by atoms with van der Waals surface area (Å²) < 4.78 is 21.9. The van der Waals surface area contributed by atoms with Crippen molar-refractivity contribution < 1.29 is 38.3 Å². The molecule has 1 aliphatic heterocycles. The van der Waals surface area contributed by atoms with Gasteiger partial charge in [-0.3, -0.25) is 14.9 Å². The van der Waals surface area contributed by atoms with E-state index in [-0.39, 0.29) is 51.8 Å². The van der Waals surface area contributed by atoms with Crippen LogP contribution in [-0.2, 0) is 20.9 Å². The number of hydrazone groups is 1. The first-order valence-corrected chi connectivity index (χ1v) is 14.7. The topological polar surface area (TPSA) is 180 Å². The molecule has 4 rings (SSSR count). The fraction of sp³-hybridized carbons (Fsp3) is 0.226. The number of hydrogen-bond acceptors (Lipinski definition) is 10. The number of nitro groups is 1. The number of allylic oxidation sites excluding steroid dienone is 1. The van der Waals surface area contributed by atoms with Crippen LogP contribution in [0.5, 0.6) is 17.2 Å². The van der Waals surface area contributed by atoms with Gasteiger partial charge in [-0.25, -0.2) is 15.0 Å². The van der Waals surface area contributed by atoms with Crippen LogP contribution in [-0.4, -0.2) is 49.4 Å². The van der Waals surface area contributed by atoms with Gasteiger partial charge in [0.05, 0.1) is 46.5 Å². The lowest BCUT2D eigenvalue weighted by atomic mass is 9.95. The van der Waals surface area contributed by atoms with Gasteiger partial charge in [-0.1, -0.05) is 29.3 Å². The van der Waals surface area contributed by atoms with Crippen LogP contribution >= 0.6 is 23.2 Å². The maximum atomic E-state index is 12.6. The average molecular weight is 687 g/mol. The van der Waals surface area contributed by atoms with Crippen molar-refractivity contribution in [3.05, 3.63) is 103 Å². The average Bonchev–Trinajstić information content (AvgIpc) is 3.03. The van der Waals surface area contributed by atoms with E-state index in [2.05, 4.69) is 21.2 Å². The fourth-order valence-corrected chi connectivity index (χ4v) is 5.03. The van der Waals surface area contributed by atoms with Gasteiger partial charge in [0.2, 0.25) is 0 Å². The van der Waals surface area contributed by atoms with Crippen LogP contribution in [0, 0.1) is 10.1 Å². The third-order valence-corrected chi connectivity index (χ3v) is 7.16. The maximum absolute atomic E-state index is 12.6. The first-order chi connectivity index (χ1) is 22.5. The van der Waals surface area contributed by atoms with Gasteiger partial charge < -0.3 is 29.6 Å². The van der Waals surface area contributed by atoms with E-state index in [9.17, 15) is 24.5 Å². The largest absolute Gasteiger partial charge is 0.493 e. The van der Waals surface area contributed by atoms with Gasteiger partial charge in [-0.05, 0) is 66.9 Å². The monoisotopic (exact) mass is 685 g/mol. The van der Waals surface area contributed by atoms with Crippen molar-refractivity contribution in [2.45, 2.75) is 26.5 Å². The Balaban J connectivity index is 1.34. The molecule has 0 saturated carbocycles. The summed E-state index contributed by atoms with van der Waals surface area (Å²) in [6, 6.07) is 12.4. The first-order valence-electron chi connectivity index (χ1n) is 13.9. The number of urea groups is 1. The Hall–Kier alpha value is -5.34. The van der Waals surface area contributed by atoms with Gasteiger partial charge in [0, 0.05) is 17.8 Å². The van der Waals surface area contributed by atoms with Crippen LogP contribution in [0.3, 0.4) is 0 Å². The second-order valence-electron chi connectivity index (χ2n) is 9.81. The summed E-state index contributed by atoms with van der Waals surface area (Å²) in [5.41, 5.74) is 4.59. The fourth-order valence-electron chi connectivity index (χ4n) is 4.42. The number of amides is 3. The summed E-state index contributed by atoms with van der Waals surface area (Å²) in [6.45, 7) is 3.11. The van der Waals surface area contributed by atoms with Crippen molar-refractivity contribution in [2.24, 2.45) is 5.10 Å². The molecule has 1 aliphatic rings. The molecular weight excluding hydrogens is 657 g/mol. The maximum Gasteiger partial charge on any atom is 0.338 e. The highest BCUT2D eigenvalue weighted by Crippen LogP contribution is 2.36. The standard InChI is InChI=1S/C31H29Cl2N5O9/c1-4-45-30(40)27-17(2)35-31(41)36-28(27)20-7-10-24(25(13-20)44-3)46-16-26(39)37-34-14-19-11-22(32)29(23(33)12-19)47-15-18-5-8-21(9-6-18)38(42)43/h5-14,28H,4,15-16H2,1-3H3,(H,37,39)(H2,35,36,41)/b34-14-/t28-/m1/s1. The van der Waals surface area contributed by atoms with E-state index in [1.54, 1.807) is 44.2 Å². The highest BCUT2D eigenvalue weighted by molar-refractivity contribution is 6.37. The molecule has 0 aliphatic carbocycles. The second-order valence-corrected chi connectivity index (χ2v) is 10.6. The number of nitrogens with zero attached hydrogens (tertiary/aromatic N) is 2. The zero-order chi connectivity index (χ0) is 34.1. The molecule has 0 bridgehead atoms. The molecule has 0 fully saturated rings. The Bertz CT molecular complexity index is 1720. The third kappa shape index (κ3) is 8.89. The van der Waals surface area contributed by atoms with Gasteiger partial charge in [-0.15, -0.1) is 0 Å². The molecule has 16 heteroatoms. The van der Waals surface area contributed by atoms with Crippen LogP contribution in [0.2, 0.25) is 10.0 Å². The number of hydrogen-bond donors (Lipinski definition) is 3. The highest BCUT2D eigenvalue weighted by atomic mass is 35.5. The minimum absolute atomic E-state index is 0.0362.